The van der Waals surface area contributed by atoms with Gasteiger partial charge in [0.15, 0.2) is 17.5 Å². The highest BCUT2D eigenvalue weighted by Gasteiger charge is 2.20. The van der Waals surface area contributed by atoms with Crippen LogP contribution in [-0.4, -0.2) is 19.5 Å². The van der Waals surface area contributed by atoms with Gasteiger partial charge in [-0.15, -0.1) is 0 Å². The molecule has 0 aliphatic carbocycles. The molecular weight excluding hydrogens is 701 g/mol. The fourth-order valence-corrected chi connectivity index (χ4v) is 8.37. The molecule has 4 heterocycles. The molecule has 6 nitrogen and oxygen atoms in total. The van der Waals surface area contributed by atoms with Gasteiger partial charge in [-0.3, -0.25) is 0 Å². The molecule has 12 rings (SSSR count). The summed E-state index contributed by atoms with van der Waals surface area (Å²) < 4.78 is 15.3. The maximum absolute atomic E-state index is 6.46. The Labute approximate surface area is 325 Å². The number of benzene rings is 8. The number of furan rings is 2. The van der Waals surface area contributed by atoms with Crippen molar-refractivity contribution in [1.29, 1.82) is 0 Å². The lowest BCUT2D eigenvalue weighted by Crippen LogP contribution is -2.00. The number of hydrogen-bond donors (Lipinski definition) is 0. The van der Waals surface area contributed by atoms with Gasteiger partial charge in [0.2, 0.25) is 0 Å². The van der Waals surface area contributed by atoms with Crippen LogP contribution in [0, 0.1) is 0 Å². The highest BCUT2D eigenvalue weighted by molar-refractivity contribution is 6.12. The Bertz CT molecular complexity index is 3530. The van der Waals surface area contributed by atoms with Crippen LogP contribution >= 0.6 is 0 Å². The third-order valence-electron chi connectivity index (χ3n) is 11.1. The monoisotopic (exact) mass is 730 g/mol. The van der Waals surface area contributed by atoms with Gasteiger partial charge in [-0.05, 0) is 71.8 Å². The summed E-state index contributed by atoms with van der Waals surface area (Å²) in [5, 5.41) is 6.50. The maximum atomic E-state index is 6.46. The van der Waals surface area contributed by atoms with Crippen LogP contribution in [0.4, 0.5) is 0 Å². The third kappa shape index (κ3) is 5.01. The first kappa shape index (κ1) is 31.5. The average molecular weight is 731 g/mol. The Hall–Kier alpha value is -7.83. The van der Waals surface area contributed by atoms with E-state index in [1.54, 1.807) is 0 Å². The molecule has 0 atom stereocenters. The summed E-state index contributed by atoms with van der Waals surface area (Å²) in [4.78, 5) is 15.2. The molecule has 57 heavy (non-hydrogen) atoms. The molecule has 6 heteroatoms. The second kappa shape index (κ2) is 12.3. The van der Waals surface area contributed by atoms with Crippen LogP contribution in [0.15, 0.2) is 191 Å². The minimum absolute atomic E-state index is 0.546. The minimum Gasteiger partial charge on any atom is -0.456 e. The van der Waals surface area contributed by atoms with E-state index in [0.29, 0.717) is 17.5 Å². The van der Waals surface area contributed by atoms with E-state index in [9.17, 15) is 0 Å². The average Bonchev–Trinajstić information content (AvgIpc) is 3.95. The van der Waals surface area contributed by atoms with Crippen LogP contribution in [0.3, 0.4) is 0 Å². The van der Waals surface area contributed by atoms with Crippen molar-refractivity contribution in [2.45, 2.75) is 0 Å². The van der Waals surface area contributed by atoms with Crippen molar-refractivity contribution in [1.82, 2.24) is 19.5 Å². The maximum Gasteiger partial charge on any atom is 0.167 e. The summed E-state index contributed by atoms with van der Waals surface area (Å²) in [5.41, 5.74) is 11.5. The summed E-state index contributed by atoms with van der Waals surface area (Å²) >= 11 is 0. The molecule has 0 unspecified atom stereocenters. The first-order valence-corrected chi connectivity index (χ1v) is 19.0. The predicted molar refractivity (Wildman–Crippen MR) is 230 cm³/mol. The van der Waals surface area contributed by atoms with Gasteiger partial charge < -0.3 is 13.4 Å². The molecule has 0 radical (unpaired) electrons. The van der Waals surface area contributed by atoms with Gasteiger partial charge in [0, 0.05) is 49.1 Å². The number of fused-ring (bicyclic) bond motifs is 9. The molecule has 0 fully saturated rings. The molecule has 0 N–H and O–H groups in total. The standard InChI is InChI=1S/C51H30N4O2/c1-3-12-31(13-4-1)33-22-25-37-36-16-7-9-20-43(36)55(44(37)29-33)35-24-27-47-42(30-35)41-28-34(23-26-46(41)56-47)50-52-49(32-14-5-2-6-15-32)53-51(54-50)40-19-11-18-39-38-17-8-10-21-45(38)57-48(39)40/h1-30H. The summed E-state index contributed by atoms with van der Waals surface area (Å²) in [5.74, 6) is 1.70. The molecular formula is C51H30N4O2. The molecule has 266 valence electrons. The third-order valence-corrected chi connectivity index (χ3v) is 11.1. The first-order chi connectivity index (χ1) is 28.2. The van der Waals surface area contributed by atoms with E-state index in [1.165, 1.54) is 21.9 Å². The Morgan fingerprint density at radius 2 is 0.947 bits per heavy atom. The molecule has 0 aliphatic rings. The Kier molecular flexibility index (Phi) is 6.83. The quantitative estimate of drug-likeness (QED) is 0.176. The minimum atomic E-state index is 0.546. The number of para-hydroxylation sites is 3. The molecule has 4 aromatic heterocycles. The van der Waals surface area contributed by atoms with Crippen molar-refractivity contribution in [3.05, 3.63) is 182 Å². The Morgan fingerprint density at radius 3 is 1.79 bits per heavy atom. The molecule has 12 aromatic rings. The van der Waals surface area contributed by atoms with Crippen molar-refractivity contribution in [2.24, 2.45) is 0 Å². The molecule has 0 saturated heterocycles. The number of rotatable bonds is 5. The van der Waals surface area contributed by atoms with E-state index in [2.05, 4.69) is 114 Å². The van der Waals surface area contributed by atoms with Gasteiger partial charge >= 0.3 is 0 Å². The number of hydrogen-bond acceptors (Lipinski definition) is 5. The van der Waals surface area contributed by atoms with Crippen molar-refractivity contribution < 1.29 is 8.83 Å². The van der Waals surface area contributed by atoms with Crippen molar-refractivity contribution in [3.63, 3.8) is 0 Å². The second-order valence-corrected chi connectivity index (χ2v) is 14.4. The lowest BCUT2D eigenvalue weighted by atomic mass is 10.0. The van der Waals surface area contributed by atoms with Crippen molar-refractivity contribution in [3.8, 4) is 51.0 Å². The van der Waals surface area contributed by atoms with Gasteiger partial charge in [0.25, 0.3) is 0 Å². The van der Waals surface area contributed by atoms with Crippen LogP contribution in [0.5, 0.6) is 0 Å². The van der Waals surface area contributed by atoms with Crippen LogP contribution in [0.2, 0.25) is 0 Å². The lowest BCUT2D eigenvalue weighted by molar-refractivity contribution is 0.669. The molecule has 0 amide bonds. The van der Waals surface area contributed by atoms with Crippen molar-refractivity contribution >= 4 is 65.7 Å². The van der Waals surface area contributed by atoms with Crippen LogP contribution in [0.25, 0.3) is 117 Å². The van der Waals surface area contributed by atoms with E-state index in [4.69, 9.17) is 23.8 Å². The fraction of sp³-hybridized carbons (Fsp3) is 0. The number of aromatic nitrogens is 4. The van der Waals surface area contributed by atoms with Gasteiger partial charge in [-0.25, -0.2) is 15.0 Å². The highest BCUT2D eigenvalue weighted by atomic mass is 16.3. The zero-order chi connectivity index (χ0) is 37.5. The van der Waals surface area contributed by atoms with Gasteiger partial charge in [0.05, 0.1) is 16.6 Å². The first-order valence-electron chi connectivity index (χ1n) is 19.0. The van der Waals surface area contributed by atoms with Crippen LogP contribution in [0.1, 0.15) is 0 Å². The largest absolute Gasteiger partial charge is 0.456 e. The van der Waals surface area contributed by atoms with Crippen LogP contribution < -0.4 is 0 Å². The Balaban J connectivity index is 1.05. The summed E-state index contributed by atoms with van der Waals surface area (Å²) in [6.45, 7) is 0. The molecule has 0 spiro atoms. The van der Waals surface area contributed by atoms with Gasteiger partial charge in [-0.1, -0.05) is 121 Å². The second-order valence-electron chi connectivity index (χ2n) is 14.4. The van der Waals surface area contributed by atoms with E-state index in [1.807, 2.05) is 72.8 Å². The van der Waals surface area contributed by atoms with Crippen LogP contribution in [-0.2, 0) is 0 Å². The van der Waals surface area contributed by atoms with E-state index in [-0.39, 0.29) is 0 Å². The summed E-state index contributed by atoms with van der Waals surface area (Å²) in [6, 6.07) is 62.8. The van der Waals surface area contributed by atoms with E-state index in [0.717, 1.165) is 77.3 Å². The summed E-state index contributed by atoms with van der Waals surface area (Å²) in [7, 11) is 0. The van der Waals surface area contributed by atoms with E-state index >= 15 is 0 Å². The predicted octanol–water partition coefficient (Wildman–Crippen LogP) is 13.4. The molecule has 8 aromatic carbocycles. The molecule has 0 saturated carbocycles. The molecule has 0 bridgehead atoms. The smallest absolute Gasteiger partial charge is 0.167 e. The van der Waals surface area contributed by atoms with E-state index < -0.39 is 0 Å². The number of nitrogens with zero attached hydrogens (tertiary/aromatic N) is 4. The molecule has 0 aliphatic heterocycles. The lowest BCUT2D eigenvalue weighted by Gasteiger charge is -2.10. The van der Waals surface area contributed by atoms with Gasteiger partial charge in [0.1, 0.15) is 22.3 Å². The van der Waals surface area contributed by atoms with Gasteiger partial charge in [-0.2, -0.15) is 0 Å². The SMILES string of the molecule is c1ccc(-c2ccc3c4ccccc4n(-c4ccc5oc6ccc(-c7nc(-c8ccccc8)nc(-c8cccc9c8oc8ccccc89)n7)cc6c5c4)c3c2)cc1. The normalized spacial score (nSPS) is 11.9. The zero-order valence-electron chi connectivity index (χ0n) is 30.4. The topological polar surface area (TPSA) is 69.9 Å². The fourth-order valence-electron chi connectivity index (χ4n) is 8.37. The highest BCUT2D eigenvalue weighted by Crippen LogP contribution is 2.39. The summed E-state index contributed by atoms with van der Waals surface area (Å²) in [6.07, 6.45) is 0. The zero-order valence-corrected chi connectivity index (χ0v) is 30.4. The van der Waals surface area contributed by atoms with Crippen molar-refractivity contribution in [2.75, 3.05) is 0 Å². The Morgan fingerprint density at radius 1 is 0.333 bits per heavy atom.